The van der Waals surface area contributed by atoms with Gasteiger partial charge in [-0.3, -0.25) is 9.79 Å². The minimum Gasteiger partial charge on any atom is -0.360 e. The van der Waals surface area contributed by atoms with E-state index in [0.29, 0.717) is 13.1 Å². The number of aliphatic imine (C=N–C) groups is 1. The third-order valence-electron chi connectivity index (χ3n) is 5.88. The van der Waals surface area contributed by atoms with Gasteiger partial charge in [0.2, 0.25) is 5.91 Å². The summed E-state index contributed by atoms with van der Waals surface area (Å²) in [5, 5.41) is 6.37. The molecule has 1 amide bonds. The van der Waals surface area contributed by atoms with Gasteiger partial charge in [-0.05, 0) is 36.1 Å². The maximum absolute atomic E-state index is 11.6. The normalized spacial score (nSPS) is 17.4. The molecule has 0 aliphatic carbocycles. The minimum absolute atomic E-state index is 0.0871. The van der Waals surface area contributed by atoms with Gasteiger partial charge in [0.25, 0.3) is 0 Å². The summed E-state index contributed by atoms with van der Waals surface area (Å²) in [5.41, 5.74) is 5.08. The van der Waals surface area contributed by atoms with Gasteiger partial charge in [0.1, 0.15) is 0 Å². The van der Waals surface area contributed by atoms with Crippen molar-refractivity contribution in [2.75, 3.05) is 44.7 Å². The number of benzene rings is 2. The van der Waals surface area contributed by atoms with Crippen molar-refractivity contribution in [3.8, 4) is 0 Å². The van der Waals surface area contributed by atoms with Gasteiger partial charge in [0, 0.05) is 45.5 Å². The molecule has 2 aliphatic heterocycles. The lowest BCUT2D eigenvalue weighted by Gasteiger charge is -2.31. The molecule has 0 bridgehead atoms. The second-order valence-corrected chi connectivity index (χ2v) is 8.04. The molecule has 31 heavy (non-hydrogen) atoms. The van der Waals surface area contributed by atoms with E-state index in [1.807, 2.05) is 7.05 Å². The van der Waals surface area contributed by atoms with E-state index in [4.69, 9.17) is 0 Å². The molecule has 0 atom stereocenters. The molecule has 2 N–H and O–H groups in total. The Hall–Kier alpha value is -3.28. The van der Waals surface area contributed by atoms with Gasteiger partial charge in [0.15, 0.2) is 5.96 Å². The van der Waals surface area contributed by atoms with Crippen molar-refractivity contribution in [1.29, 1.82) is 0 Å². The molecular formula is C25H31N5O. The lowest BCUT2D eigenvalue weighted by atomic mass is 10.0. The van der Waals surface area contributed by atoms with Crippen molar-refractivity contribution in [1.82, 2.24) is 15.5 Å². The number of likely N-dealkylation sites (tertiary alicyclic amines) is 1. The Kier molecular flexibility index (Phi) is 6.87. The Morgan fingerprint density at radius 1 is 1.06 bits per heavy atom. The summed E-state index contributed by atoms with van der Waals surface area (Å²) >= 11 is 0. The monoisotopic (exact) mass is 417 g/mol. The zero-order valence-electron chi connectivity index (χ0n) is 18.2. The summed E-state index contributed by atoms with van der Waals surface area (Å²) in [5.74, 6) is 1.04. The molecule has 162 valence electrons. The van der Waals surface area contributed by atoms with E-state index in [-0.39, 0.29) is 5.91 Å². The van der Waals surface area contributed by atoms with Crippen molar-refractivity contribution in [2.45, 2.75) is 19.4 Å². The van der Waals surface area contributed by atoms with Gasteiger partial charge in [-0.15, -0.1) is 0 Å². The predicted octanol–water partition coefficient (Wildman–Crippen LogP) is 2.88. The number of guanidine groups is 1. The van der Waals surface area contributed by atoms with Gasteiger partial charge in [0.05, 0.1) is 6.54 Å². The van der Waals surface area contributed by atoms with Gasteiger partial charge >= 0.3 is 0 Å². The van der Waals surface area contributed by atoms with E-state index >= 15 is 0 Å². The maximum atomic E-state index is 11.6. The van der Waals surface area contributed by atoms with Crippen LogP contribution in [-0.2, 0) is 11.3 Å². The van der Waals surface area contributed by atoms with E-state index in [1.165, 1.54) is 16.7 Å². The number of hydrogen-bond donors (Lipinski definition) is 2. The van der Waals surface area contributed by atoms with Crippen LogP contribution in [0.4, 0.5) is 5.69 Å². The smallest absolute Gasteiger partial charge is 0.239 e. The summed E-state index contributed by atoms with van der Waals surface area (Å²) in [4.78, 5) is 20.5. The second-order valence-electron chi connectivity index (χ2n) is 8.04. The van der Waals surface area contributed by atoms with Crippen LogP contribution in [0.5, 0.6) is 0 Å². The van der Waals surface area contributed by atoms with Crippen LogP contribution >= 0.6 is 0 Å². The first kappa shape index (κ1) is 21.0. The molecule has 0 saturated carbocycles. The molecule has 4 rings (SSSR count). The predicted molar refractivity (Wildman–Crippen MR) is 127 cm³/mol. The lowest BCUT2D eigenvalue weighted by molar-refractivity contribution is -0.120. The number of rotatable bonds is 4. The van der Waals surface area contributed by atoms with Gasteiger partial charge in [-0.25, -0.2) is 0 Å². The molecule has 2 saturated heterocycles. The van der Waals surface area contributed by atoms with E-state index in [0.717, 1.165) is 50.7 Å². The highest BCUT2D eigenvalue weighted by Crippen LogP contribution is 2.20. The Morgan fingerprint density at radius 2 is 1.81 bits per heavy atom. The van der Waals surface area contributed by atoms with Crippen LogP contribution in [0.15, 0.2) is 65.2 Å². The first-order valence-electron chi connectivity index (χ1n) is 11.0. The van der Waals surface area contributed by atoms with Gasteiger partial charge < -0.3 is 20.4 Å². The standard InChI is InChI=1S/C25H31N5O/c1-26-25(29-14-11-21(12-15-29)17-20-5-3-2-4-6-20)28-18-22-7-9-23(10-8-22)30-16-13-27-24(31)19-30/h2-10,17H,11-16,18-19H2,1H3,(H,26,28)(H,27,31). The highest BCUT2D eigenvalue weighted by Gasteiger charge is 2.18. The zero-order chi connectivity index (χ0) is 21.5. The Labute approximate surface area is 184 Å². The number of nitrogens with zero attached hydrogens (tertiary/aromatic N) is 3. The maximum Gasteiger partial charge on any atom is 0.239 e. The molecule has 6 heteroatoms. The molecule has 0 unspecified atom stereocenters. The average Bonchev–Trinajstić information content (AvgIpc) is 2.81. The van der Waals surface area contributed by atoms with Crippen molar-refractivity contribution in [2.24, 2.45) is 4.99 Å². The number of carbonyl (C=O) groups excluding carboxylic acids is 1. The Balaban J connectivity index is 1.28. The molecule has 2 aromatic rings. The lowest BCUT2D eigenvalue weighted by Crippen LogP contribution is -2.47. The molecular weight excluding hydrogens is 386 g/mol. The Bertz CT molecular complexity index is 926. The molecule has 2 fully saturated rings. The third-order valence-corrected chi connectivity index (χ3v) is 5.88. The molecule has 2 aliphatic rings. The molecule has 0 aromatic heterocycles. The number of piperidine rings is 1. The first-order chi connectivity index (χ1) is 15.2. The second kappa shape index (κ2) is 10.2. The number of piperazine rings is 1. The number of amides is 1. The van der Waals surface area contributed by atoms with E-state index in [9.17, 15) is 4.79 Å². The topological polar surface area (TPSA) is 60.0 Å². The fourth-order valence-electron chi connectivity index (χ4n) is 4.13. The third kappa shape index (κ3) is 5.66. The van der Waals surface area contributed by atoms with Crippen LogP contribution in [0.1, 0.15) is 24.0 Å². The summed E-state index contributed by atoms with van der Waals surface area (Å²) in [6, 6.07) is 19.0. The van der Waals surface area contributed by atoms with Crippen molar-refractivity contribution in [3.05, 3.63) is 71.3 Å². The zero-order valence-corrected chi connectivity index (χ0v) is 18.2. The summed E-state index contributed by atoms with van der Waals surface area (Å²) < 4.78 is 0. The van der Waals surface area contributed by atoms with Crippen LogP contribution in [0, 0.1) is 0 Å². The fraction of sp³-hybridized carbons (Fsp3) is 0.360. The number of anilines is 1. The van der Waals surface area contributed by atoms with E-state index in [2.05, 4.69) is 86.1 Å². The van der Waals surface area contributed by atoms with Crippen LogP contribution < -0.4 is 15.5 Å². The summed E-state index contributed by atoms with van der Waals surface area (Å²) in [6.07, 6.45) is 4.45. The minimum atomic E-state index is 0.0871. The quantitative estimate of drug-likeness (QED) is 0.593. The SMILES string of the molecule is CN=C(NCc1ccc(N2CCNC(=O)C2)cc1)N1CCC(=Cc2ccccc2)CC1. The van der Waals surface area contributed by atoms with Crippen LogP contribution in [0.25, 0.3) is 6.08 Å². The molecule has 2 heterocycles. The van der Waals surface area contributed by atoms with Crippen molar-refractivity contribution in [3.63, 3.8) is 0 Å². The highest BCUT2D eigenvalue weighted by molar-refractivity contribution is 5.82. The van der Waals surface area contributed by atoms with Crippen LogP contribution in [-0.4, -0.2) is 56.5 Å². The average molecular weight is 418 g/mol. The largest absolute Gasteiger partial charge is 0.360 e. The van der Waals surface area contributed by atoms with Crippen LogP contribution in [0.3, 0.4) is 0 Å². The Morgan fingerprint density at radius 3 is 2.48 bits per heavy atom. The molecule has 6 nitrogen and oxygen atoms in total. The first-order valence-corrected chi connectivity index (χ1v) is 11.0. The summed E-state index contributed by atoms with van der Waals surface area (Å²) in [6.45, 7) is 4.68. The van der Waals surface area contributed by atoms with Crippen molar-refractivity contribution < 1.29 is 4.79 Å². The highest BCUT2D eigenvalue weighted by atomic mass is 16.2. The van der Waals surface area contributed by atoms with E-state index in [1.54, 1.807) is 0 Å². The van der Waals surface area contributed by atoms with Crippen LogP contribution in [0.2, 0.25) is 0 Å². The number of nitrogens with one attached hydrogen (secondary N) is 2. The number of carbonyl (C=O) groups is 1. The molecule has 0 spiro atoms. The fourth-order valence-corrected chi connectivity index (χ4v) is 4.13. The van der Waals surface area contributed by atoms with E-state index < -0.39 is 0 Å². The van der Waals surface area contributed by atoms with Gasteiger partial charge in [-0.2, -0.15) is 0 Å². The van der Waals surface area contributed by atoms with Crippen molar-refractivity contribution >= 4 is 23.6 Å². The van der Waals surface area contributed by atoms with Gasteiger partial charge in [-0.1, -0.05) is 54.1 Å². The number of hydrogen-bond acceptors (Lipinski definition) is 3. The molecule has 0 radical (unpaired) electrons. The molecule has 2 aromatic carbocycles. The summed E-state index contributed by atoms with van der Waals surface area (Å²) in [7, 11) is 1.85.